The molecule has 0 heterocycles. The summed E-state index contributed by atoms with van der Waals surface area (Å²) in [5.74, 6) is 0.0924. The number of rotatable bonds is 10. The lowest BCUT2D eigenvalue weighted by Crippen LogP contribution is -2.39. The summed E-state index contributed by atoms with van der Waals surface area (Å²) >= 11 is 6.00. The van der Waals surface area contributed by atoms with Crippen molar-refractivity contribution in [2.75, 3.05) is 10.8 Å². The maximum atomic E-state index is 13.4. The first-order chi connectivity index (χ1) is 18.3. The second-order valence-corrected chi connectivity index (χ2v) is 10.7. The van der Waals surface area contributed by atoms with E-state index >= 15 is 0 Å². The number of benzene rings is 4. The molecule has 0 spiro atoms. The molecule has 0 aliphatic carbocycles. The van der Waals surface area contributed by atoms with E-state index in [9.17, 15) is 13.2 Å². The zero-order valence-corrected chi connectivity index (χ0v) is 22.2. The van der Waals surface area contributed by atoms with Crippen LogP contribution < -0.4 is 14.5 Å². The molecule has 0 bridgehead atoms. The molecule has 0 radical (unpaired) electrons. The third kappa shape index (κ3) is 7.21. The van der Waals surface area contributed by atoms with E-state index in [2.05, 4.69) is 10.5 Å². The van der Waals surface area contributed by atoms with Gasteiger partial charge in [0, 0.05) is 5.02 Å². The number of halogens is 1. The summed E-state index contributed by atoms with van der Waals surface area (Å²) in [4.78, 5) is 12.8. The Morgan fingerprint density at radius 2 is 1.68 bits per heavy atom. The van der Waals surface area contributed by atoms with Gasteiger partial charge in [0.25, 0.3) is 15.9 Å². The highest BCUT2D eigenvalue weighted by atomic mass is 35.5. The van der Waals surface area contributed by atoms with Gasteiger partial charge < -0.3 is 4.74 Å². The van der Waals surface area contributed by atoms with Crippen molar-refractivity contribution in [2.24, 2.45) is 5.10 Å². The van der Waals surface area contributed by atoms with E-state index in [-0.39, 0.29) is 4.90 Å². The van der Waals surface area contributed by atoms with Crippen LogP contribution in [0.3, 0.4) is 0 Å². The van der Waals surface area contributed by atoms with E-state index < -0.39 is 22.5 Å². The molecule has 4 rings (SSSR count). The molecule has 4 aromatic carbocycles. The summed E-state index contributed by atoms with van der Waals surface area (Å²) in [6.07, 6.45) is 1.47. The van der Waals surface area contributed by atoms with E-state index in [4.69, 9.17) is 16.3 Å². The fraction of sp³-hybridized carbons (Fsp3) is 0.103. The van der Waals surface area contributed by atoms with Crippen LogP contribution in [0.25, 0.3) is 0 Å². The van der Waals surface area contributed by atoms with Crippen molar-refractivity contribution in [1.82, 2.24) is 5.43 Å². The number of hydrogen-bond acceptors (Lipinski definition) is 5. The molecule has 0 saturated carbocycles. The quantitative estimate of drug-likeness (QED) is 0.207. The van der Waals surface area contributed by atoms with Crippen molar-refractivity contribution >= 4 is 39.4 Å². The number of hydrazone groups is 1. The molecule has 0 saturated heterocycles. The number of carbonyl (C=O) groups is 1. The highest BCUT2D eigenvalue weighted by molar-refractivity contribution is 7.92. The van der Waals surface area contributed by atoms with Gasteiger partial charge >= 0.3 is 0 Å². The van der Waals surface area contributed by atoms with Crippen LogP contribution in [0.15, 0.2) is 113 Å². The molecule has 0 fully saturated rings. The molecule has 194 valence electrons. The Bertz CT molecular complexity index is 1530. The lowest BCUT2D eigenvalue weighted by atomic mass is 10.2. The van der Waals surface area contributed by atoms with Gasteiger partial charge in [-0.05, 0) is 84.3 Å². The molecule has 1 N–H and O–H groups in total. The molecule has 38 heavy (non-hydrogen) atoms. The number of amides is 1. The molecule has 0 aromatic heterocycles. The SMILES string of the molecule is Cc1cccc(N(CC(=O)N/N=C\c2ccc(OCc3cccc(Cl)c3)cc2)S(=O)(=O)c2ccccc2)c1. The number of carbonyl (C=O) groups excluding carboxylic acids is 1. The predicted molar refractivity (Wildman–Crippen MR) is 150 cm³/mol. The van der Waals surface area contributed by atoms with Gasteiger partial charge in [-0.1, -0.05) is 54.1 Å². The largest absolute Gasteiger partial charge is 0.489 e. The molecule has 7 nitrogen and oxygen atoms in total. The smallest absolute Gasteiger partial charge is 0.264 e. The van der Waals surface area contributed by atoms with E-state index in [1.165, 1.54) is 18.3 Å². The van der Waals surface area contributed by atoms with Gasteiger partial charge in [-0.3, -0.25) is 9.10 Å². The van der Waals surface area contributed by atoms with Gasteiger partial charge in [0.15, 0.2) is 0 Å². The van der Waals surface area contributed by atoms with Crippen molar-refractivity contribution in [1.29, 1.82) is 0 Å². The van der Waals surface area contributed by atoms with Crippen LogP contribution in [0.5, 0.6) is 5.75 Å². The Kier molecular flexibility index (Phi) is 8.78. The van der Waals surface area contributed by atoms with Gasteiger partial charge in [-0.25, -0.2) is 13.8 Å². The summed E-state index contributed by atoms with van der Waals surface area (Å²) < 4.78 is 33.6. The third-order valence-corrected chi connectivity index (χ3v) is 7.51. The van der Waals surface area contributed by atoms with Gasteiger partial charge in [-0.2, -0.15) is 5.10 Å². The molecule has 1 amide bonds. The minimum Gasteiger partial charge on any atom is -0.489 e. The average molecular weight is 548 g/mol. The number of hydrogen-bond donors (Lipinski definition) is 1. The normalized spacial score (nSPS) is 11.3. The first-order valence-corrected chi connectivity index (χ1v) is 13.6. The Hall–Kier alpha value is -4.14. The molecule has 0 unspecified atom stereocenters. The first-order valence-electron chi connectivity index (χ1n) is 11.7. The molecule has 0 aliphatic rings. The minimum atomic E-state index is -3.98. The summed E-state index contributed by atoms with van der Waals surface area (Å²) in [6, 6.07) is 29.6. The molecule has 9 heteroatoms. The number of sulfonamides is 1. The minimum absolute atomic E-state index is 0.0930. The first kappa shape index (κ1) is 26.9. The number of aryl methyl sites for hydroxylation is 1. The van der Waals surface area contributed by atoms with E-state index in [1.54, 1.807) is 66.7 Å². The van der Waals surface area contributed by atoms with Crippen molar-refractivity contribution in [3.8, 4) is 5.75 Å². The zero-order chi connectivity index (χ0) is 27.0. The van der Waals surface area contributed by atoms with Crippen molar-refractivity contribution < 1.29 is 17.9 Å². The van der Waals surface area contributed by atoms with E-state index in [0.29, 0.717) is 23.1 Å². The number of nitrogens with zero attached hydrogens (tertiary/aromatic N) is 2. The van der Waals surface area contributed by atoms with Crippen LogP contribution >= 0.6 is 11.6 Å². The standard InChI is InChI=1S/C29H26ClN3O4S/c1-22-7-5-10-26(17-22)33(38(35,36)28-11-3-2-4-12-28)20-29(34)32-31-19-23-13-15-27(16-14-23)37-21-24-8-6-9-25(30)18-24/h2-19H,20-21H2,1H3,(H,32,34)/b31-19-. The topological polar surface area (TPSA) is 88.1 Å². The van der Waals surface area contributed by atoms with Crippen LogP contribution in [0.2, 0.25) is 5.02 Å². The van der Waals surface area contributed by atoms with Crippen LogP contribution in [0, 0.1) is 6.92 Å². The Morgan fingerprint density at radius 1 is 0.947 bits per heavy atom. The number of ether oxygens (including phenoxy) is 1. The maximum Gasteiger partial charge on any atom is 0.264 e. The lowest BCUT2D eigenvalue weighted by molar-refractivity contribution is -0.119. The summed E-state index contributed by atoms with van der Waals surface area (Å²) in [7, 11) is -3.98. The maximum absolute atomic E-state index is 13.4. The average Bonchev–Trinajstić information content (AvgIpc) is 2.92. The summed E-state index contributed by atoms with van der Waals surface area (Å²) in [5, 5.41) is 4.64. The lowest BCUT2D eigenvalue weighted by Gasteiger charge is -2.24. The van der Waals surface area contributed by atoms with E-state index in [0.717, 1.165) is 21.0 Å². The Labute approximate surface area is 227 Å². The molecular weight excluding hydrogens is 522 g/mol. The molecular formula is C29H26ClN3O4S. The van der Waals surface area contributed by atoms with Crippen molar-refractivity contribution in [3.63, 3.8) is 0 Å². The number of anilines is 1. The second kappa shape index (κ2) is 12.4. The highest BCUT2D eigenvalue weighted by Crippen LogP contribution is 2.24. The van der Waals surface area contributed by atoms with Gasteiger partial charge in [0.1, 0.15) is 18.9 Å². The monoisotopic (exact) mass is 547 g/mol. The summed E-state index contributed by atoms with van der Waals surface area (Å²) in [5.41, 5.74) is 5.36. The van der Waals surface area contributed by atoms with Crippen LogP contribution in [-0.4, -0.2) is 27.1 Å². The number of nitrogens with one attached hydrogen (secondary N) is 1. The van der Waals surface area contributed by atoms with Crippen molar-refractivity contribution in [2.45, 2.75) is 18.4 Å². The third-order valence-electron chi connectivity index (χ3n) is 5.49. The van der Waals surface area contributed by atoms with Gasteiger partial charge in [-0.15, -0.1) is 0 Å². The van der Waals surface area contributed by atoms with Crippen LogP contribution in [-0.2, 0) is 21.4 Å². The fourth-order valence-electron chi connectivity index (χ4n) is 3.61. The molecule has 0 aliphatic heterocycles. The van der Waals surface area contributed by atoms with Crippen LogP contribution in [0.1, 0.15) is 16.7 Å². The van der Waals surface area contributed by atoms with Crippen LogP contribution in [0.4, 0.5) is 5.69 Å². The zero-order valence-electron chi connectivity index (χ0n) is 20.6. The summed E-state index contributed by atoms with van der Waals surface area (Å²) in [6.45, 7) is 1.80. The van der Waals surface area contributed by atoms with Gasteiger partial charge in [0.05, 0.1) is 16.8 Å². The second-order valence-electron chi connectivity index (χ2n) is 8.44. The van der Waals surface area contributed by atoms with E-state index in [1.807, 2.05) is 31.2 Å². The Balaban J connectivity index is 1.39. The molecule has 4 aromatic rings. The van der Waals surface area contributed by atoms with Crippen molar-refractivity contribution in [3.05, 3.63) is 125 Å². The molecule has 0 atom stereocenters. The highest BCUT2D eigenvalue weighted by Gasteiger charge is 2.27. The fourth-order valence-corrected chi connectivity index (χ4v) is 5.25. The van der Waals surface area contributed by atoms with Gasteiger partial charge in [0.2, 0.25) is 0 Å². The predicted octanol–water partition coefficient (Wildman–Crippen LogP) is 5.57. The Morgan fingerprint density at radius 3 is 2.39 bits per heavy atom.